The highest BCUT2D eigenvalue weighted by atomic mass is 16.5. The molecule has 2 saturated heterocycles. The fraction of sp³-hybridized carbons (Fsp3) is 0.464. The number of benzene rings is 2. The number of hydrogen-bond acceptors (Lipinski definition) is 4. The number of rotatable bonds is 6. The summed E-state index contributed by atoms with van der Waals surface area (Å²) < 4.78 is 5.68. The van der Waals surface area contributed by atoms with Gasteiger partial charge < -0.3 is 20.1 Å². The molecule has 4 unspecified atom stereocenters. The van der Waals surface area contributed by atoms with Crippen molar-refractivity contribution in [1.29, 1.82) is 0 Å². The number of carbonyl (C=O) groups excluding carboxylic acids is 2. The molecule has 184 valence electrons. The van der Waals surface area contributed by atoms with Gasteiger partial charge in [-0.05, 0) is 46.4 Å². The van der Waals surface area contributed by atoms with E-state index >= 15 is 0 Å². The van der Waals surface area contributed by atoms with Crippen molar-refractivity contribution < 1.29 is 24.2 Å². The fourth-order valence-corrected chi connectivity index (χ4v) is 6.03. The second-order valence-electron chi connectivity index (χ2n) is 11.2. The largest absolute Gasteiger partial charge is 0.481 e. The van der Waals surface area contributed by atoms with E-state index in [0.717, 1.165) is 28.7 Å². The molecule has 2 bridgehead atoms. The number of amides is 2. The van der Waals surface area contributed by atoms with E-state index in [-0.39, 0.29) is 35.8 Å². The van der Waals surface area contributed by atoms with Crippen LogP contribution in [0.25, 0.3) is 11.1 Å². The van der Waals surface area contributed by atoms with Crippen molar-refractivity contribution in [2.24, 2.45) is 17.3 Å². The molecule has 2 heterocycles. The minimum absolute atomic E-state index is 0.00573. The van der Waals surface area contributed by atoms with Crippen LogP contribution in [0.3, 0.4) is 0 Å². The molecule has 0 aromatic heterocycles. The number of nitrogens with one attached hydrogen (secondary N) is 1. The van der Waals surface area contributed by atoms with Crippen molar-refractivity contribution in [2.45, 2.75) is 51.6 Å². The first-order valence-corrected chi connectivity index (χ1v) is 12.3. The lowest BCUT2D eigenvalue weighted by molar-refractivity contribution is -0.148. The van der Waals surface area contributed by atoms with Crippen molar-refractivity contribution in [2.75, 3.05) is 13.2 Å². The van der Waals surface area contributed by atoms with Crippen molar-refractivity contribution >= 4 is 18.0 Å². The van der Waals surface area contributed by atoms with Gasteiger partial charge in [0, 0.05) is 18.5 Å². The first-order valence-electron chi connectivity index (χ1n) is 12.3. The number of alkyl carbamates (subject to hydrolysis) is 1. The topological polar surface area (TPSA) is 95.9 Å². The Kier molecular flexibility index (Phi) is 5.82. The zero-order valence-corrected chi connectivity index (χ0v) is 20.4. The molecule has 2 aromatic rings. The third-order valence-corrected chi connectivity index (χ3v) is 7.62. The molecule has 2 N–H and O–H groups in total. The Hall–Kier alpha value is -3.35. The number of aliphatic carboxylic acids is 1. The summed E-state index contributed by atoms with van der Waals surface area (Å²) in [6.07, 6.45) is 0.521. The third kappa shape index (κ3) is 4.28. The fourth-order valence-electron chi connectivity index (χ4n) is 6.03. The van der Waals surface area contributed by atoms with Gasteiger partial charge in [-0.15, -0.1) is 0 Å². The van der Waals surface area contributed by atoms with E-state index in [2.05, 4.69) is 29.6 Å². The van der Waals surface area contributed by atoms with Crippen LogP contribution in [-0.2, 0) is 14.3 Å². The lowest BCUT2D eigenvalue weighted by atomic mass is 9.74. The van der Waals surface area contributed by atoms with E-state index in [1.807, 2.05) is 45.0 Å². The van der Waals surface area contributed by atoms with E-state index in [0.29, 0.717) is 13.0 Å². The average Bonchev–Trinajstić information content (AvgIpc) is 3.46. The van der Waals surface area contributed by atoms with Crippen LogP contribution >= 0.6 is 0 Å². The number of hydrogen-bond donors (Lipinski definition) is 2. The highest BCUT2D eigenvalue weighted by molar-refractivity contribution is 5.88. The molecule has 0 radical (unpaired) electrons. The van der Waals surface area contributed by atoms with Gasteiger partial charge in [0.15, 0.2) is 0 Å². The molecular weight excluding hydrogens is 444 g/mol. The second kappa shape index (κ2) is 8.70. The van der Waals surface area contributed by atoms with Gasteiger partial charge in [0.2, 0.25) is 5.91 Å². The van der Waals surface area contributed by atoms with Gasteiger partial charge in [-0.25, -0.2) is 4.79 Å². The van der Waals surface area contributed by atoms with Crippen molar-refractivity contribution in [3.8, 4) is 11.1 Å². The number of carbonyl (C=O) groups is 3. The van der Waals surface area contributed by atoms with Gasteiger partial charge in [0.05, 0.1) is 5.92 Å². The Balaban J connectivity index is 1.27. The molecular formula is C28H32N2O5. The molecule has 1 saturated carbocycles. The van der Waals surface area contributed by atoms with Crippen LogP contribution in [0.4, 0.5) is 4.79 Å². The monoisotopic (exact) mass is 476 g/mol. The first kappa shape index (κ1) is 23.4. The van der Waals surface area contributed by atoms with Crippen LogP contribution in [-0.4, -0.2) is 53.2 Å². The van der Waals surface area contributed by atoms with E-state index < -0.39 is 24.0 Å². The predicted molar refractivity (Wildman–Crippen MR) is 131 cm³/mol. The second-order valence-corrected chi connectivity index (χ2v) is 11.2. The number of ether oxygens (including phenoxy) is 1. The number of carboxylic acids is 1. The van der Waals surface area contributed by atoms with Crippen LogP contribution in [0, 0.1) is 17.3 Å². The summed E-state index contributed by atoms with van der Waals surface area (Å²) in [6, 6.07) is 15.2. The highest BCUT2D eigenvalue weighted by Gasteiger charge is 2.57. The normalized spacial score (nSPS) is 23.2. The Morgan fingerprint density at radius 3 is 2.20 bits per heavy atom. The number of nitrogens with zero attached hydrogens (tertiary/aromatic N) is 1. The van der Waals surface area contributed by atoms with Crippen molar-refractivity contribution in [3.63, 3.8) is 0 Å². The molecule has 7 heteroatoms. The Labute approximate surface area is 205 Å². The van der Waals surface area contributed by atoms with Gasteiger partial charge in [0.25, 0.3) is 0 Å². The van der Waals surface area contributed by atoms with Gasteiger partial charge >= 0.3 is 12.1 Å². The average molecular weight is 477 g/mol. The molecule has 0 spiro atoms. The van der Waals surface area contributed by atoms with E-state index in [1.165, 1.54) is 0 Å². The quantitative estimate of drug-likeness (QED) is 0.650. The molecule has 2 amide bonds. The molecule has 7 nitrogen and oxygen atoms in total. The summed E-state index contributed by atoms with van der Waals surface area (Å²) in [5.74, 6) is -1.62. The summed E-state index contributed by atoms with van der Waals surface area (Å²) in [7, 11) is 0. The Morgan fingerprint density at radius 1 is 1.06 bits per heavy atom. The molecule has 2 aromatic carbocycles. The van der Waals surface area contributed by atoms with Crippen LogP contribution in [0.2, 0.25) is 0 Å². The lowest BCUT2D eigenvalue weighted by Gasteiger charge is -2.35. The van der Waals surface area contributed by atoms with Gasteiger partial charge in [-0.3, -0.25) is 9.59 Å². The molecule has 35 heavy (non-hydrogen) atoms. The minimum Gasteiger partial charge on any atom is -0.481 e. The van der Waals surface area contributed by atoms with Crippen LogP contribution in [0.5, 0.6) is 0 Å². The molecule has 2 aliphatic carbocycles. The minimum atomic E-state index is -0.849. The zero-order valence-electron chi connectivity index (χ0n) is 20.4. The Bertz CT molecular complexity index is 1120. The Morgan fingerprint density at radius 2 is 1.66 bits per heavy atom. The molecule has 4 atom stereocenters. The lowest BCUT2D eigenvalue weighted by Crippen LogP contribution is -2.53. The molecule has 4 aliphatic rings. The van der Waals surface area contributed by atoms with Crippen molar-refractivity contribution in [1.82, 2.24) is 10.2 Å². The molecule has 2 aliphatic heterocycles. The first-order chi connectivity index (χ1) is 16.6. The maximum Gasteiger partial charge on any atom is 0.407 e. The zero-order chi connectivity index (χ0) is 24.9. The maximum absolute atomic E-state index is 13.4. The van der Waals surface area contributed by atoms with Crippen LogP contribution < -0.4 is 5.32 Å². The van der Waals surface area contributed by atoms with Crippen molar-refractivity contribution in [3.05, 3.63) is 59.7 Å². The maximum atomic E-state index is 13.4. The van der Waals surface area contributed by atoms with E-state index in [1.54, 1.807) is 4.90 Å². The smallest absolute Gasteiger partial charge is 0.407 e. The van der Waals surface area contributed by atoms with Gasteiger partial charge in [0.1, 0.15) is 12.6 Å². The highest BCUT2D eigenvalue weighted by Crippen LogP contribution is 2.47. The molecule has 6 rings (SSSR count). The summed E-state index contributed by atoms with van der Waals surface area (Å²) in [5, 5.41) is 12.3. The van der Waals surface area contributed by atoms with E-state index in [9.17, 15) is 19.5 Å². The van der Waals surface area contributed by atoms with Gasteiger partial charge in [-0.2, -0.15) is 0 Å². The molecule has 3 fully saturated rings. The van der Waals surface area contributed by atoms with Crippen LogP contribution in [0.1, 0.15) is 50.7 Å². The predicted octanol–water partition coefficient (Wildman–Crippen LogP) is 4.26. The standard InChI is InChI=1S/C28H32N2O5/c1-28(2,3)13-22(25(31)30-14-16-12-23(30)24(16)26(32)33)29-27(34)35-15-21-19-10-6-4-8-17(19)18-9-5-7-11-20(18)21/h4-11,16,21-24H,12-15H2,1-3H3,(H,29,34)(H,32,33). The SMILES string of the molecule is CC(C)(C)CC(NC(=O)OCC1c2ccccc2-c2ccccc21)C(=O)N1CC2CC1C2C(=O)O. The summed E-state index contributed by atoms with van der Waals surface area (Å²) in [4.78, 5) is 39.5. The third-order valence-electron chi connectivity index (χ3n) is 7.62. The van der Waals surface area contributed by atoms with E-state index in [4.69, 9.17) is 4.74 Å². The van der Waals surface area contributed by atoms with Gasteiger partial charge in [-0.1, -0.05) is 69.3 Å². The summed E-state index contributed by atoms with van der Waals surface area (Å²) in [5.41, 5.74) is 4.34. The number of fused-ring (bicyclic) bond motifs is 4. The summed E-state index contributed by atoms with van der Waals surface area (Å²) >= 11 is 0. The number of carboxylic acid groups (broad SMARTS) is 1. The summed E-state index contributed by atoms with van der Waals surface area (Å²) in [6.45, 7) is 6.64. The van der Waals surface area contributed by atoms with Crippen LogP contribution in [0.15, 0.2) is 48.5 Å².